The van der Waals surface area contributed by atoms with E-state index < -0.39 is 0 Å². The number of para-hydroxylation sites is 1. The maximum atomic E-state index is 13.6. The van der Waals surface area contributed by atoms with Crippen LogP contribution in [-0.2, 0) is 4.79 Å². The first-order valence-electron chi connectivity index (χ1n) is 7.46. The fraction of sp³-hybridized carbons (Fsp3) is 0.562. The zero-order chi connectivity index (χ0) is 14.1. The molecule has 3 nitrogen and oxygen atoms in total. The number of carbonyl (C=O) groups excluding carboxylic acids is 1. The van der Waals surface area contributed by atoms with Crippen LogP contribution in [0, 0.1) is 23.6 Å². The predicted molar refractivity (Wildman–Crippen MR) is 76.6 cm³/mol. The average molecular weight is 276 g/mol. The van der Waals surface area contributed by atoms with Crippen molar-refractivity contribution in [2.24, 2.45) is 23.5 Å². The van der Waals surface area contributed by atoms with Crippen LogP contribution in [0.2, 0.25) is 0 Å². The Kier molecular flexibility index (Phi) is 3.74. The van der Waals surface area contributed by atoms with E-state index >= 15 is 0 Å². The average Bonchev–Trinajstić information content (AvgIpc) is 2.41. The molecule has 108 valence electrons. The number of hydrogen-bond donors (Lipinski definition) is 2. The maximum Gasteiger partial charge on any atom is 0.227 e. The maximum absolute atomic E-state index is 13.6. The van der Waals surface area contributed by atoms with Crippen LogP contribution in [0.5, 0.6) is 0 Å². The largest absolute Gasteiger partial charge is 0.327 e. The van der Waals surface area contributed by atoms with Crippen LogP contribution in [0.3, 0.4) is 0 Å². The van der Waals surface area contributed by atoms with Gasteiger partial charge in [-0.25, -0.2) is 4.39 Å². The molecule has 1 aromatic carbocycles. The summed E-state index contributed by atoms with van der Waals surface area (Å²) in [5.74, 6) is 0.454. The van der Waals surface area contributed by atoms with Crippen LogP contribution in [-0.4, -0.2) is 11.9 Å². The number of anilines is 1. The SMILES string of the molecule is NC1C2CCCC1CC(C(=O)Nc1ccccc1F)C2. The van der Waals surface area contributed by atoms with Gasteiger partial charge in [-0.2, -0.15) is 0 Å². The number of benzene rings is 1. The number of nitrogens with one attached hydrogen (secondary N) is 1. The van der Waals surface area contributed by atoms with Crippen molar-refractivity contribution in [3.63, 3.8) is 0 Å². The molecule has 0 radical (unpaired) electrons. The summed E-state index contributed by atoms with van der Waals surface area (Å²) >= 11 is 0. The molecule has 0 aliphatic heterocycles. The van der Waals surface area contributed by atoms with Crippen molar-refractivity contribution >= 4 is 11.6 Å². The van der Waals surface area contributed by atoms with Gasteiger partial charge < -0.3 is 11.1 Å². The molecule has 1 aromatic rings. The third kappa shape index (κ3) is 2.57. The van der Waals surface area contributed by atoms with Crippen LogP contribution in [0.25, 0.3) is 0 Å². The highest BCUT2D eigenvalue weighted by atomic mass is 19.1. The van der Waals surface area contributed by atoms with Crippen molar-refractivity contribution in [2.75, 3.05) is 5.32 Å². The molecule has 0 aromatic heterocycles. The molecule has 0 saturated heterocycles. The molecular weight excluding hydrogens is 255 g/mol. The standard InChI is InChI=1S/C16H21FN2O/c17-13-6-1-2-7-14(13)19-16(20)12-8-10-4-3-5-11(9-12)15(10)18/h1-2,6-7,10-12,15H,3-5,8-9,18H2,(H,19,20). The van der Waals surface area contributed by atoms with E-state index in [2.05, 4.69) is 5.32 Å². The molecule has 2 aliphatic rings. The van der Waals surface area contributed by atoms with Gasteiger partial charge >= 0.3 is 0 Å². The monoisotopic (exact) mass is 276 g/mol. The van der Waals surface area contributed by atoms with Gasteiger partial charge in [0.1, 0.15) is 5.82 Å². The molecule has 1 amide bonds. The van der Waals surface area contributed by atoms with Gasteiger partial charge in [0.15, 0.2) is 0 Å². The molecule has 3 rings (SSSR count). The van der Waals surface area contributed by atoms with E-state index in [9.17, 15) is 9.18 Å². The topological polar surface area (TPSA) is 55.1 Å². The van der Waals surface area contributed by atoms with Gasteiger partial charge in [-0.3, -0.25) is 4.79 Å². The van der Waals surface area contributed by atoms with Crippen LogP contribution in [0.4, 0.5) is 10.1 Å². The number of nitrogens with two attached hydrogens (primary N) is 1. The summed E-state index contributed by atoms with van der Waals surface area (Å²) in [4.78, 5) is 12.3. The minimum atomic E-state index is -0.381. The Balaban J connectivity index is 1.68. The van der Waals surface area contributed by atoms with Gasteiger partial charge in [0, 0.05) is 12.0 Å². The molecule has 0 spiro atoms. The first kappa shape index (κ1) is 13.6. The van der Waals surface area contributed by atoms with Crippen LogP contribution >= 0.6 is 0 Å². The molecule has 20 heavy (non-hydrogen) atoms. The van der Waals surface area contributed by atoms with Crippen LogP contribution in [0.15, 0.2) is 24.3 Å². The second-order valence-electron chi connectivity index (χ2n) is 6.17. The first-order chi connectivity index (χ1) is 9.65. The Morgan fingerprint density at radius 2 is 1.85 bits per heavy atom. The summed E-state index contributed by atoms with van der Waals surface area (Å²) in [6, 6.07) is 6.56. The molecule has 2 bridgehead atoms. The molecule has 2 aliphatic carbocycles. The van der Waals surface area contributed by atoms with Crippen LogP contribution < -0.4 is 11.1 Å². The third-order valence-corrected chi connectivity index (χ3v) is 4.92. The quantitative estimate of drug-likeness (QED) is 0.872. The lowest BCUT2D eigenvalue weighted by Crippen LogP contribution is -2.48. The third-order valence-electron chi connectivity index (χ3n) is 4.92. The molecule has 2 saturated carbocycles. The lowest BCUT2D eigenvalue weighted by atomic mass is 9.65. The number of fused-ring (bicyclic) bond motifs is 2. The number of halogens is 1. The van der Waals surface area contributed by atoms with Crippen LogP contribution in [0.1, 0.15) is 32.1 Å². The summed E-state index contributed by atoms with van der Waals surface area (Å²) in [7, 11) is 0. The van der Waals surface area contributed by atoms with Gasteiger partial charge in [0.25, 0.3) is 0 Å². The Labute approximate surface area is 118 Å². The summed E-state index contributed by atoms with van der Waals surface area (Å²) in [6.07, 6.45) is 5.17. The highest BCUT2D eigenvalue weighted by Gasteiger charge is 2.40. The second-order valence-corrected chi connectivity index (χ2v) is 6.17. The zero-order valence-corrected chi connectivity index (χ0v) is 11.5. The molecule has 0 heterocycles. The van der Waals surface area contributed by atoms with E-state index in [1.54, 1.807) is 18.2 Å². The Hall–Kier alpha value is -1.42. The van der Waals surface area contributed by atoms with Gasteiger partial charge in [0.2, 0.25) is 5.91 Å². The number of carbonyl (C=O) groups is 1. The number of hydrogen-bond acceptors (Lipinski definition) is 2. The summed E-state index contributed by atoms with van der Waals surface area (Å²) in [5.41, 5.74) is 6.51. The molecule has 2 unspecified atom stereocenters. The number of amides is 1. The van der Waals surface area contributed by atoms with E-state index in [0.717, 1.165) is 25.7 Å². The Morgan fingerprint density at radius 3 is 2.50 bits per heavy atom. The van der Waals surface area contributed by atoms with Crippen molar-refractivity contribution in [3.05, 3.63) is 30.1 Å². The smallest absolute Gasteiger partial charge is 0.227 e. The van der Waals surface area contributed by atoms with Gasteiger partial charge in [-0.15, -0.1) is 0 Å². The highest BCUT2D eigenvalue weighted by Crippen LogP contribution is 2.42. The highest BCUT2D eigenvalue weighted by molar-refractivity contribution is 5.92. The predicted octanol–water partition coefficient (Wildman–Crippen LogP) is 2.92. The van der Waals surface area contributed by atoms with Crippen molar-refractivity contribution in [3.8, 4) is 0 Å². The first-order valence-corrected chi connectivity index (χ1v) is 7.46. The Bertz CT molecular complexity index is 491. The summed E-state index contributed by atoms with van der Waals surface area (Å²) < 4.78 is 13.6. The minimum Gasteiger partial charge on any atom is -0.327 e. The lowest BCUT2D eigenvalue weighted by Gasteiger charge is -2.43. The van der Waals surface area contributed by atoms with Crippen molar-refractivity contribution in [1.82, 2.24) is 0 Å². The van der Waals surface area contributed by atoms with Crippen molar-refractivity contribution in [1.29, 1.82) is 0 Å². The van der Waals surface area contributed by atoms with Gasteiger partial charge in [0.05, 0.1) is 5.69 Å². The van der Waals surface area contributed by atoms with E-state index in [1.165, 1.54) is 12.5 Å². The second kappa shape index (κ2) is 5.52. The van der Waals surface area contributed by atoms with Gasteiger partial charge in [-0.1, -0.05) is 18.6 Å². The van der Waals surface area contributed by atoms with E-state index in [-0.39, 0.29) is 29.4 Å². The lowest BCUT2D eigenvalue weighted by molar-refractivity contribution is -0.122. The van der Waals surface area contributed by atoms with Crippen molar-refractivity contribution in [2.45, 2.75) is 38.1 Å². The Morgan fingerprint density at radius 1 is 1.20 bits per heavy atom. The van der Waals surface area contributed by atoms with E-state index in [4.69, 9.17) is 5.73 Å². The number of rotatable bonds is 2. The molecule has 2 fully saturated rings. The minimum absolute atomic E-state index is 0.0234. The van der Waals surface area contributed by atoms with E-state index in [1.807, 2.05) is 0 Å². The molecule has 2 atom stereocenters. The summed E-state index contributed by atoms with van der Waals surface area (Å²) in [6.45, 7) is 0. The fourth-order valence-electron chi connectivity index (χ4n) is 3.80. The van der Waals surface area contributed by atoms with Crippen molar-refractivity contribution < 1.29 is 9.18 Å². The summed E-state index contributed by atoms with van der Waals surface area (Å²) in [5, 5.41) is 2.73. The molecule has 3 N–H and O–H groups in total. The van der Waals surface area contributed by atoms with Gasteiger partial charge in [-0.05, 0) is 49.7 Å². The normalized spacial score (nSPS) is 32.7. The van der Waals surface area contributed by atoms with E-state index in [0.29, 0.717) is 11.8 Å². The molecule has 4 heteroatoms. The fourth-order valence-corrected chi connectivity index (χ4v) is 3.80. The zero-order valence-electron chi connectivity index (χ0n) is 11.5. The molecular formula is C16H21FN2O.